The lowest BCUT2D eigenvalue weighted by molar-refractivity contribution is 0.0900. The summed E-state index contributed by atoms with van der Waals surface area (Å²) in [4.78, 5) is 0. The fourth-order valence-electron chi connectivity index (χ4n) is 2.27. The van der Waals surface area contributed by atoms with Crippen LogP contribution in [0.15, 0.2) is 12.1 Å². The van der Waals surface area contributed by atoms with E-state index in [0.717, 1.165) is 25.0 Å². The minimum Gasteiger partial charge on any atom is -0.376 e. The summed E-state index contributed by atoms with van der Waals surface area (Å²) in [5.41, 5.74) is 8.43. The molecule has 1 aliphatic heterocycles. The van der Waals surface area contributed by atoms with Crippen molar-refractivity contribution in [1.29, 1.82) is 0 Å². The highest BCUT2D eigenvalue weighted by atomic mass is 19.1. The number of aryl methyl sites for hydroxylation is 2. The van der Waals surface area contributed by atoms with Crippen molar-refractivity contribution in [2.24, 2.45) is 5.73 Å². The molecule has 0 radical (unpaired) electrons. The molecule has 0 saturated carbocycles. The van der Waals surface area contributed by atoms with Gasteiger partial charge in [0, 0.05) is 6.61 Å². The Morgan fingerprint density at radius 3 is 2.50 bits per heavy atom. The first kappa shape index (κ1) is 11.6. The third-order valence-electron chi connectivity index (χ3n) is 3.21. The lowest BCUT2D eigenvalue weighted by atomic mass is 9.96. The van der Waals surface area contributed by atoms with Crippen LogP contribution in [0.25, 0.3) is 0 Å². The van der Waals surface area contributed by atoms with Crippen LogP contribution >= 0.6 is 0 Å². The van der Waals surface area contributed by atoms with Crippen molar-refractivity contribution in [1.82, 2.24) is 0 Å². The standard InChI is InChI=1S/C13H18FNO/c1-8-6-10(7-9(2)12(8)14)13(15)11-4-3-5-16-11/h6-7,11,13H,3-5,15H2,1-2H3. The van der Waals surface area contributed by atoms with Gasteiger partial charge in [0.25, 0.3) is 0 Å². The topological polar surface area (TPSA) is 35.2 Å². The molecule has 1 heterocycles. The minimum atomic E-state index is -0.138. The lowest BCUT2D eigenvalue weighted by Crippen LogP contribution is -2.25. The van der Waals surface area contributed by atoms with Crippen molar-refractivity contribution < 1.29 is 9.13 Å². The molecule has 0 bridgehead atoms. The van der Waals surface area contributed by atoms with E-state index in [1.54, 1.807) is 13.8 Å². The molecule has 1 saturated heterocycles. The smallest absolute Gasteiger partial charge is 0.129 e. The van der Waals surface area contributed by atoms with E-state index in [4.69, 9.17) is 10.5 Å². The Bertz CT molecular complexity index is 363. The lowest BCUT2D eigenvalue weighted by Gasteiger charge is -2.20. The summed E-state index contributed by atoms with van der Waals surface area (Å²) in [6.07, 6.45) is 2.15. The molecule has 1 aromatic carbocycles. The first-order valence-corrected chi connectivity index (χ1v) is 5.73. The maximum absolute atomic E-state index is 13.5. The Hall–Kier alpha value is -0.930. The normalized spacial score (nSPS) is 22.4. The van der Waals surface area contributed by atoms with E-state index >= 15 is 0 Å². The molecule has 2 unspecified atom stereocenters. The molecule has 0 amide bonds. The number of rotatable bonds is 2. The molecule has 2 nitrogen and oxygen atoms in total. The van der Waals surface area contributed by atoms with Crippen LogP contribution in [0.3, 0.4) is 0 Å². The summed E-state index contributed by atoms with van der Waals surface area (Å²) in [6, 6.07) is 3.52. The summed E-state index contributed by atoms with van der Waals surface area (Å²) < 4.78 is 19.0. The van der Waals surface area contributed by atoms with E-state index in [9.17, 15) is 4.39 Å². The third-order valence-corrected chi connectivity index (χ3v) is 3.21. The van der Waals surface area contributed by atoms with Gasteiger partial charge in [0.2, 0.25) is 0 Å². The average molecular weight is 223 g/mol. The first-order valence-electron chi connectivity index (χ1n) is 5.73. The van der Waals surface area contributed by atoms with Crippen LogP contribution in [0.2, 0.25) is 0 Å². The Morgan fingerprint density at radius 1 is 1.38 bits per heavy atom. The zero-order chi connectivity index (χ0) is 11.7. The van der Waals surface area contributed by atoms with Gasteiger partial charge in [0.1, 0.15) is 5.82 Å². The summed E-state index contributed by atoms with van der Waals surface area (Å²) >= 11 is 0. The van der Waals surface area contributed by atoms with Crippen LogP contribution in [-0.2, 0) is 4.74 Å². The second-order valence-corrected chi connectivity index (χ2v) is 4.55. The van der Waals surface area contributed by atoms with Crippen LogP contribution in [0, 0.1) is 19.7 Å². The fourth-order valence-corrected chi connectivity index (χ4v) is 2.27. The molecule has 1 aliphatic rings. The largest absolute Gasteiger partial charge is 0.376 e. The Morgan fingerprint density at radius 2 is 2.00 bits per heavy atom. The van der Waals surface area contributed by atoms with Crippen LogP contribution in [0.5, 0.6) is 0 Å². The summed E-state index contributed by atoms with van der Waals surface area (Å²) in [7, 11) is 0. The van der Waals surface area contributed by atoms with E-state index < -0.39 is 0 Å². The average Bonchev–Trinajstić information content (AvgIpc) is 2.77. The first-order chi connectivity index (χ1) is 7.59. The van der Waals surface area contributed by atoms with Crippen molar-refractivity contribution in [2.75, 3.05) is 6.61 Å². The highest BCUT2D eigenvalue weighted by molar-refractivity contribution is 5.32. The van der Waals surface area contributed by atoms with Gasteiger partial charge in [0.15, 0.2) is 0 Å². The number of ether oxygens (including phenoxy) is 1. The van der Waals surface area contributed by atoms with E-state index in [0.29, 0.717) is 11.1 Å². The number of hydrogen-bond donors (Lipinski definition) is 1. The molecule has 1 fully saturated rings. The van der Waals surface area contributed by atoms with E-state index in [1.807, 2.05) is 12.1 Å². The summed E-state index contributed by atoms with van der Waals surface area (Å²) in [6.45, 7) is 4.33. The molecule has 2 N–H and O–H groups in total. The van der Waals surface area contributed by atoms with Gasteiger partial charge in [-0.05, 0) is 43.4 Å². The Kier molecular flexibility index (Phi) is 3.26. The third kappa shape index (κ3) is 2.11. The molecule has 2 rings (SSSR count). The molecule has 0 aromatic heterocycles. The monoisotopic (exact) mass is 223 g/mol. The van der Waals surface area contributed by atoms with Gasteiger partial charge in [-0.1, -0.05) is 12.1 Å². The number of nitrogens with two attached hydrogens (primary N) is 1. The second kappa shape index (κ2) is 4.52. The highest BCUT2D eigenvalue weighted by Gasteiger charge is 2.24. The molecule has 0 aliphatic carbocycles. The number of hydrogen-bond acceptors (Lipinski definition) is 2. The van der Waals surface area contributed by atoms with Gasteiger partial charge in [0.05, 0.1) is 12.1 Å². The van der Waals surface area contributed by atoms with Crippen molar-refractivity contribution in [3.8, 4) is 0 Å². The molecule has 16 heavy (non-hydrogen) atoms. The van der Waals surface area contributed by atoms with Gasteiger partial charge in [-0.15, -0.1) is 0 Å². The number of benzene rings is 1. The Balaban J connectivity index is 2.26. The zero-order valence-corrected chi connectivity index (χ0v) is 9.79. The van der Waals surface area contributed by atoms with E-state index in [2.05, 4.69) is 0 Å². The molecule has 0 spiro atoms. The highest BCUT2D eigenvalue weighted by Crippen LogP contribution is 2.27. The van der Waals surface area contributed by atoms with Crippen molar-refractivity contribution >= 4 is 0 Å². The Labute approximate surface area is 95.6 Å². The van der Waals surface area contributed by atoms with Crippen LogP contribution in [-0.4, -0.2) is 12.7 Å². The minimum absolute atomic E-state index is 0.0873. The molecule has 1 aromatic rings. The quantitative estimate of drug-likeness (QED) is 0.836. The van der Waals surface area contributed by atoms with Gasteiger partial charge < -0.3 is 10.5 Å². The summed E-state index contributed by atoms with van der Waals surface area (Å²) in [5.74, 6) is -0.136. The molecular weight excluding hydrogens is 205 g/mol. The van der Waals surface area contributed by atoms with Gasteiger partial charge >= 0.3 is 0 Å². The summed E-state index contributed by atoms with van der Waals surface area (Å²) in [5, 5.41) is 0. The van der Waals surface area contributed by atoms with E-state index in [1.165, 1.54) is 0 Å². The predicted molar refractivity (Wildman–Crippen MR) is 61.8 cm³/mol. The van der Waals surface area contributed by atoms with Crippen LogP contribution in [0.4, 0.5) is 4.39 Å². The fraction of sp³-hybridized carbons (Fsp3) is 0.538. The van der Waals surface area contributed by atoms with Crippen molar-refractivity contribution in [3.63, 3.8) is 0 Å². The van der Waals surface area contributed by atoms with Crippen LogP contribution in [0.1, 0.15) is 35.6 Å². The zero-order valence-electron chi connectivity index (χ0n) is 9.79. The van der Waals surface area contributed by atoms with Gasteiger partial charge in [-0.3, -0.25) is 0 Å². The molecule has 3 heteroatoms. The maximum atomic E-state index is 13.5. The predicted octanol–water partition coefficient (Wildman–Crippen LogP) is 2.62. The van der Waals surface area contributed by atoms with Crippen molar-refractivity contribution in [2.45, 2.75) is 38.8 Å². The number of halogens is 1. The molecular formula is C13H18FNO. The molecule has 2 atom stereocenters. The second-order valence-electron chi connectivity index (χ2n) is 4.55. The molecule has 88 valence electrons. The van der Waals surface area contributed by atoms with Gasteiger partial charge in [-0.25, -0.2) is 4.39 Å². The maximum Gasteiger partial charge on any atom is 0.129 e. The van der Waals surface area contributed by atoms with Crippen molar-refractivity contribution in [3.05, 3.63) is 34.6 Å². The van der Waals surface area contributed by atoms with Gasteiger partial charge in [-0.2, -0.15) is 0 Å². The van der Waals surface area contributed by atoms with E-state index in [-0.39, 0.29) is 18.0 Å². The van der Waals surface area contributed by atoms with Crippen LogP contribution < -0.4 is 5.73 Å². The SMILES string of the molecule is Cc1cc(C(N)C2CCCO2)cc(C)c1F.